The Balaban J connectivity index is 2.99. The molecule has 0 aromatic heterocycles. The van der Waals surface area contributed by atoms with Crippen molar-refractivity contribution in [2.45, 2.75) is 25.4 Å². The molecule has 3 heteroatoms. The minimum atomic E-state index is -0.761. The van der Waals surface area contributed by atoms with E-state index < -0.39 is 5.60 Å². The minimum absolute atomic E-state index is 0.0249. The van der Waals surface area contributed by atoms with Gasteiger partial charge >= 0.3 is 0 Å². The second-order valence-corrected chi connectivity index (χ2v) is 3.13. The fraction of sp³-hybridized carbons (Fsp3) is 0.500. The number of ketones is 1. The monoisotopic (exact) mass is 182 g/mol. The molecular formula is C10H14O3. The van der Waals surface area contributed by atoms with Crippen molar-refractivity contribution < 1.29 is 14.6 Å². The van der Waals surface area contributed by atoms with Gasteiger partial charge in [-0.3, -0.25) is 4.79 Å². The van der Waals surface area contributed by atoms with Crippen LogP contribution in [0.2, 0.25) is 0 Å². The number of allylic oxidation sites excluding steroid dienone is 1. The third-order valence-electron chi connectivity index (χ3n) is 2.52. The van der Waals surface area contributed by atoms with Gasteiger partial charge in [-0.15, -0.1) is 0 Å². The number of hydrogen-bond acceptors (Lipinski definition) is 3. The zero-order valence-corrected chi connectivity index (χ0v) is 7.91. The van der Waals surface area contributed by atoms with Gasteiger partial charge < -0.3 is 9.84 Å². The van der Waals surface area contributed by atoms with E-state index in [1.54, 1.807) is 6.08 Å². The summed E-state index contributed by atoms with van der Waals surface area (Å²) in [5.41, 5.74) is -0.0353. The molecule has 1 N–H and O–H groups in total. The highest BCUT2D eigenvalue weighted by Gasteiger charge is 2.37. The number of hydrogen-bond donors (Lipinski definition) is 1. The molecule has 1 aliphatic carbocycles. The summed E-state index contributed by atoms with van der Waals surface area (Å²) >= 11 is 0. The van der Waals surface area contributed by atoms with Crippen LogP contribution in [0.5, 0.6) is 0 Å². The molecular weight excluding hydrogens is 168 g/mol. The summed E-state index contributed by atoms with van der Waals surface area (Å²) in [6.07, 6.45) is 5.16. The van der Waals surface area contributed by atoms with E-state index in [4.69, 9.17) is 9.84 Å². The molecule has 1 aliphatic rings. The van der Waals surface area contributed by atoms with Gasteiger partial charge in [0.1, 0.15) is 5.60 Å². The molecule has 0 saturated carbocycles. The minimum Gasteiger partial charge on any atom is -0.515 e. The number of ether oxygens (including phenoxy) is 1. The molecule has 0 saturated heterocycles. The molecule has 0 spiro atoms. The van der Waals surface area contributed by atoms with Crippen LogP contribution >= 0.6 is 0 Å². The molecule has 1 atom stereocenters. The number of carbonyl (C=O) groups excluding carboxylic acids is 1. The van der Waals surface area contributed by atoms with Crippen LogP contribution in [-0.2, 0) is 9.53 Å². The third-order valence-corrected chi connectivity index (χ3v) is 2.52. The lowest BCUT2D eigenvalue weighted by Gasteiger charge is -2.31. The first-order chi connectivity index (χ1) is 6.18. The average Bonchev–Trinajstić information content (AvgIpc) is 2.19. The normalized spacial score (nSPS) is 31.2. The summed E-state index contributed by atoms with van der Waals surface area (Å²) in [5.74, 6) is -0.0249. The molecule has 13 heavy (non-hydrogen) atoms. The topological polar surface area (TPSA) is 46.5 Å². The Morgan fingerprint density at radius 3 is 2.85 bits per heavy atom. The Bertz CT molecular complexity index is 259. The lowest BCUT2D eigenvalue weighted by molar-refractivity contribution is -0.136. The molecule has 0 bridgehead atoms. The van der Waals surface area contributed by atoms with E-state index in [1.165, 1.54) is 13.2 Å². The average molecular weight is 182 g/mol. The van der Waals surface area contributed by atoms with Crippen molar-refractivity contribution in [3.63, 3.8) is 0 Å². The maximum absolute atomic E-state index is 11.5. The molecule has 3 nitrogen and oxygen atoms in total. The molecule has 1 rings (SSSR count). The quantitative estimate of drug-likeness (QED) is 0.662. The van der Waals surface area contributed by atoms with Gasteiger partial charge in [-0.25, -0.2) is 0 Å². The first kappa shape index (κ1) is 9.99. The Morgan fingerprint density at radius 1 is 1.69 bits per heavy atom. The summed E-state index contributed by atoms with van der Waals surface area (Å²) < 4.78 is 5.22. The Labute approximate surface area is 77.7 Å². The largest absolute Gasteiger partial charge is 0.515 e. The van der Waals surface area contributed by atoms with E-state index in [0.717, 1.165) is 11.8 Å². The van der Waals surface area contributed by atoms with Crippen molar-refractivity contribution in [1.82, 2.24) is 0 Å². The van der Waals surface area contributed by atoms with Crippen molar-refractivity contribution in [2.75, 3.05) is 7.11 Å². The van der Waals surface area contributed by atoms with E-state index >= 15 is 0 Å². The lowest BCUT2D eigenvalue weighted by Crippen LogP contribution is -2.41. The van der Waals surface area contributed by atoms with Crippen LogP contribution in [0.4, 0.5) is 0 Å². The van der Waals surface area contributed by atoms with Crippen LogP contribution in [0.15, 0.2) is 24.0 Å². The van der Waals surface area contributed by atoms with Gasteiger partial charge in [0.2, 0.25) is 0 Å². The highest BCUT2D eigenvalue weighted by atomic mass is 16.5. The Morgan fingerprint density at radius 2 is 2.38 bits per heavy atom. The van der Waals surface area contributed by atoms with E-state index in [0.29, 0.717) is 12.8 Å². The highest BCUT2D eigenvalue weighted by molar-refractivity contribution is 5.99. The number of aliphatic hydroxyl groups excluding tert-OH is 1. The van der Waals surface area contributed by atoms with Gasteiger partial charge in [0.05, 0.1) is 6.26 Å². The van der Waals surface area contributed by atoms with Crippen LogP contribution in [-0.4, -0.2) is 23.6 Å². The number of rotatable bonds is 2. The summed E-state index contributed by atoms with van der Waals surface area (Å²) in [7, 11) is 1.52. The summed E-state index contributed by atoms with van der Waals surface area (Å²) in [5, 5.41) is 8.82. The second-order valence-electron chi connectivity index (χ2n) is 3.13. The van der Waals surface area contributed by atoms with Gasteiger partial charge in [0.15, 0.2) is 5.78 Å². The fourth-order valence-corrected chi connectivity index (χ4v) is 1.52. The molecule has 0 fully saturated rings. The SMILES string of the molecule is CCC1(OC)CC(=CO)C=CC1=O. The predicted octanol–water partition coefficient (Wildman–Crippen LogP) is 1.75. The van der Waals surface area contributed by atoms with E-state index in [9.17, 15) is 4.79 Å². The zero-order valence-electron chi connectivity index (χ0n) is 7.91. The van der Waals surface area contributed by atoms with E-state index in [-0.39, 0.29) is 5.78 Å². The predicted molar refractivity (Wildman–Crippen MR) is 49.5 cm³/mol. The van der Waals surface area contributed by atoms with Crippen LogP contribution in [0.3, 0.4) is 0 Å². The first-order valence-corrected chi connectivity index (χ1v) is 4.29. The number of aliphatic hydroxyl groups is 1. The second kappa shape index (κ2) is 3.75. The first-order valence-electron chi connectivity index (χ1n) is 4.29. The van der Waals surface area contributed by atoms with Crippen LogP contribution < -0.4 is 0 Å². The molecule has 0 aliphatic heterocycles. The maximum atomic E-state index is 11.5. The molecule has 0 aromatic rings. The van der Waals surface area contributed by atoms with Crippen molar-refractivity contribution in [1.29, 1.82) is 0 Å². The Kier molecular flexibility index (Phi) is 2.88. The van der Waals surface area contributed by atoms with Crippen LogP contribution in [0.1, 0.15) is 19.8 Å². The zero-order chi connectivity index (χ0) is 9.90. The number of carbonyl (C=O) groups is 1. The Hall–Kier alpha value is -1.09. The van der Waals surface area contributed by atoms with Crippen molar-refractivity contribution in [2.24, 2.45) is 0 Å². The summed E-state index contributed by atoms with van der Waals surface area (Å²) in [6, 6.07) is 0. The van der Waals surface area contributed by atoms with Crippen LogP contribution in [0, 0.1) is 0 Å². The maximum Gasteiger partial charge on any atom is 0.187 e. The molecule has 0 amide bonds. The molecule has 0 radical (unpaired) electrons. The summed E-state index contributed by atoms with van der Waals surface area (Å²) in [6.45, 7) is 1.90. The van der Waals surface area contributed by atoms with Crippen molar-refractivity contribution in [3.05, 3.63) is 24.0 Å². The van der Waals surface area contributed by atoms with E-state index in [1.807, 2.05) is 6.92 Å². The van der Waals surface area contributed by atoms with Gasteiger partial charge in [-0.1, -0.05) is 13.0 Å². The van der Waals surface area contributed by atoms with Crippen LogP contribution in [0.25, 0.3) is 0 Å². The van der Waals surface area contributed by atoms with Gasteiger partial charge in [-0.05, 0) is 18.1 Å². The van der Waals surface area contributed by atoms with Gasteiger partial charge in [0.25, 0.3) is 0 Å². The third kappa shape index (κ3) is 1.65. The summed E-state index contributed by atoms with van der Waals surface area (Å²) in [4.78, 5) is 11.5. The van der Waals surface area contributed by atoms with E-state index in [2.05, 4.69) is 0 Å². The van der Waals surface area contributed by atoms with Gasteiger partial charge in [-0.2, -0.15) is 0 Å². The lowest BCUT2D eigenvalue weighted by atomic mass is 9.83. The molecule has 1 unspecified atom stereocenters. The standard InChI is InChI=1S/C10H14O3/c1-3-10(13-2)6-8(7-11)4-5-9(10)12/h4-5,7,11H,3,6H2,1-2H3. The molecule has 0 heterocycles. The molecule has 72 valence electrons. The van der Waals surface area contributed by atoms with Gasteiger partial charge in [0, 0.05) is 13.5 Å². The van der Waals surface area contributed by atoms with Crippen molar-refractivity contribution >= 4 is 5.78 Å². The van der Waals surface area contributed by atoms with Crippen molar-refractivity contribution in [3.8, 4) is 0 Å². The molecule has 0 aromatic carbocycles. The smallest absolute Gasteiger partial charge is 0.187 e. The number of methoxy groups -OCH3 is 1. The highest BCUT2D eigenvalue weighted by Crippen LogP contribution is 2.30. The fourth-order valence-electron chi connectivity index (χ4n) is 1.52.